The molecule has 0 N–H and O–H groups in total. The number of rotatable bonds is 5. The smallest absolute Gasteiger partial charge is 0.0617 e. The largest absolute Gasteiger partial charge is 0.295 e. The summed E-state index contributed by atoms with van der Waals surface area (Å²) in [5.41, 5.74) is 7.75. The molecule has 0 aliphatic carbocycles. The number of hydrogen-bond acceptors (Lipinski definition) is 3. The maximum atomic E-state index is 4.98. The van der Waals surface area contributed by atoms with Gasteiger partial charge in [-0.3, -0.25) is 15.0 Å². The van der Waals surface area contributed by atoms with Crippen molar-refractivity contribution in [3.05, 3.63) is 127 Å². The van der Waals surface area contributed by atoms with Crippen LogP contribution in [0.25, 0.3) is 33.8 Å². The monoisotopic (exact) mass is 621 g/mol. The Labute approximate surface area is 215 Å². The molecule has 0 fully saturated rings. The summed E-state index contributed by atoms with van der Waals surface area (Å²) in [7, 11) is 0. The van der Waals surface area contributed by atoms with Crippen LogP contribution in [0.15, 0.2) is 109 Å². The van der Waals surface area contributed by atoms with E-state index in [1.54, 1.807) is 6.20 Å². The second kappa shape index (κ2) is 10.2. The third-order valence-electron chi connectivity index (χ3n) is 5.95. The maximum absolute atomic E-state index is 4.98. The normalized spacial score (nSPS) is 11.0. The Morgan fingerprint density at radius 2 is 1.26 bits per heavy atom. The van der Waals surface area contributed by atoms with E-state index in [0.29, 0.717) is 0 Å². The minimum atomic E-state index is -0.209. The van der Waals surface area contributed by atoms with Crippen molar-refractivity contribution in [3.63, 3.8) is 0 Å². The zero-order chi connectivity index (χ0) is 22.7. The number of aromatic nitrogens is 3. The third-order valence-corrected chi connectivity index (χ3v) is 5.95. The maximum Gasteiger partial charge on any atom is 0.0617 e. The van der Waals surface area contributed by atoms with Gasteiger partial charge >= 0.3 is 0 Å². The van der Waals surface area contributed by atoms with Gasteiger partial charge in [0.2, 0.25) is 0 Å². The first kappa shape index (κ1) is 23.7. The van der Waals surface area contributed by atoms with Crippen molar-refractivity contribution in [1.82, 2.24) is 15.0 Å². The first-order valence-electron chi connectivity index (χ1n) is 11.0. The molecule has 2 aromatic carbocycles. The zero-order valence-corrected chi connectivity index (χ0v) is 21.3. The van der Waals surface area contributed by atoms with E-state index in [9.17, 15) is 0 Å². The fraction of sp³-hybridized carbons (Fsp3) is 0.100. The molecule has 0 radical (unpaired) electrons. The summed E-state index contributed by atoms with van der Waals surface area (Å²) in [4.78, 5) is 14.0. The molecule has 3 heterocycles. The summed E-state index contributed by atoms with van der Waals surface area (Å²) in [6.45, 7) is 4.41. The van der Waals surface area contributed by atoms with Gasteiger partial charge in [-0.25, -0.2) is 0 Å². The van der Waals surface area contributed by atoms with Crippen LogP contribution in [0.3, 0.4) is 0 Å². The molecule has 5 aromatic rings. The number of hydrogen-bond donors (Lipinski definition) is 0. The Morgan fingerprint density at radius 3 is 2.00 bits per heavy atom. The molecule has 0 saturated carbocycles. The van der Waals surface area contributed by atoms with Crippen molar-refractivity contribution in [2.24, 2.45) is 0 Å². The van der Waals surface area contributed by atoms with E-state index >= 15 is 0 Å². The Bertz CT molecular complexity index is 1380. The van der Waals surface area contributed by atoms with Crippen molar-refractivity contribution in [2.45, 2.75) is 19.3 Å². The van der Waals surface area contributed by atoms with E-state index < -0.39 is 0 Å². The second-order valence-electron chi connectivity index (χ2n) is 8.52. The molecule has 34 heavy (non-hydrogen) atoms. The molecule has 0 bridgehead atoms. The van der Waals surface area contributed by atoms with Gasteiger partial charge in [-0.15, -0.1) is 24.3 Å². The summed E-state index contributed by atoms with van der Waals surface area (Å²) >= 11 is 0. The van der Waals surface area contributed by atoms with E-state index in [1.807, 2.05) is 60.8 Å². The third kappa shape index (κ3) is 4.90. The van der Waals surface area contributed by atoms with Crippen LogP contribution < -0.4 is 0 Å². The van der Waals surface area contributed by atoms with Crippen LogP contribution in [-0.4, -0.2) is 15.0 Å². The van der Waals surface area contributed by atoms with Crippen molar-refractivity contribution < 1.29 is 21.1 Å². The molecular weight excluding hydrogens is 597 g/mol. The predicted molar refractivity (Wildman–Crippen MR) is 134 cm³/mol. The molecule has 170 valence electrons. The minimum absolute atomic E-state index is 0. The summed E-state index contributed by atoms with van der Waals surface area (Å²) < 4.78 is 0. The summed E-state index contributed by atoms with van der Waals surface area (Å²) in [6, 6.07) is 36.3. The van der Waals surface area contributed by atoms with Crippen LogP contribution >= 0.6 is 0 Å². The van der Waals surface area contributed by atoms with Gasteiger partial charge in [-0.05, 0) is 41.5 Å². The summed E-state index contributed by atoms with van der Waals surface area (Å²) in [5.74, 6) is 0. The van der Waals surface area contributed by atoms with Crippen LogP contribution in [0.4, 0.5) is 0 Å². The molecule has 0 saturated heterocycles. The first-order valence-corrected chi connectivity index (χ1v) is 11.0. The molecule has 3 nitrogen and oxygen atoms in total. The van der Waals surface area contributed by atoms with Crippen LogP contribution in [0.5, 0.6) is 0 Å². The van der Waals surface area contributed by atoms with Gasteiger partial charge in [0.05, 0.1) is 11.4 Å². The quantitative estimate of drug-likeness (QED) is 0.199. The van der Waals surface area contributed by atoms with E-state index in [-0.39, 0.29) is 26.5 Å². The van der Waals surface area contributed by atoms with Crippen molar-refractivity contribution in [2.75, 3.05) is 0 Å². The second-order valence-corrected chi connectivity index (χ2v) is 8.52. The van der Waals surface area contributed by atoms with Gasteiger partial charge < -0.3 is 0 Å². The van der Waals surface area contributed by atoms with Crippen molar-refractivity contribution in [3.8, 4) is 33.8 Å². The fourth-order valence-corrected chi connectivity index (χ4v) is 3.98. The van der Waals surface area contributed by atoms with Crippen LogP contribution in [-0.2, 0) is 26.5 Å². The topological polar surface area (TPSA) is 38.7 Å². The molecule has 3 aromatic heterocycles. The minimum Gasteiger partial charge on any atom is -0.295 e. The molecule has 0 aliphatic rings. The Balaban J connectivity index is 0.00000274. The average Bonchev–Trinajstić information content (AvgIpc) is 2.90. The zero-order valence-electron chi connectivity index (χ0n) is 19.1. The van der Waals surface area contributed by atoms with E-state index in [0.717, 1.165) is 39.5 Å². The molecule has 0 amide bonds. The van der Waals surface area contributed by atoms with E-state index in [2.05, 4.69) is 72.3 Å². The number of pyridine rings is 3. The molecular formula is C30H24N3Pt-. The van der Waals surface area contributed by atoms with Crippen molar-refractivity contribution in [1.29, 1.82) is 0 Å². The first-order chi connectivity index (χ1) is 16.1. The molecule has 0 aliphatic heterocycles. The average molecular weight is 622 g/mol. The number of nitrogens with zero attached hydrogens (tertiary/aromatic N) is 3. The van der Waals surface area contributed by atoms with Gasteiger partial charge in [0, 0.05) is 50.3 Å². The van der Waals surface area contributed by atoms with E-state index in [1.165, 1.54) is 5.56 Å². The Morgan fingerprint density at radius 1 is 0.618 bits per heavy atom. The molecule has 5 rings (SSSR count). The molecule has 0 unspecified atom stereocenters. The summed E-state index contributed by atoms with van der Waals surface area (Å²) in [6.07, 6.45) is 3.65. The number of benzene rings is 2. The molecule has 0 spiro atoms. The van der Waals surface area contributed by atoms with Gasteiger partial charge in [-0.1, -0.05) is 73.5 Å². The summed E-state index contributed by atoms with van der Waals surface area (Å²) in [5, 5.41) is 0. The molecule has 0 atom stereocenters. The SMILES string of the molecule is CC(C)(c1cccc(-c2cccc(-c3[c-]c(-c4ccccn4)ccc3)n2)c1)c1ccccn1.[Pt]. The van der Waals surface area contributed by atoms with Crippen LogP contribution in [0, 0.1) is 6.07 Å². The van der Waals surface area contributed by atoms with Gasteiger partial charge in [0.25, 0.3) is 0 Å². The van der Waals surface area contributed by atoms with Gasteiger partial charge in [0.15, 0.2) is 0 Å². The van der Waals surface area contributed by atoms with Crippen molar-refractivity contribution >= 4 is 0 Å². The van der Waals surface area contributed by atoms with E-state index in [4.69, 9.17) is 4.98 Å². The van der Waals surface area contributed by atoms with Crippen LogP contribution in [0.2, 0.25) is 0 Å². The Kier molecular flexibility index (Phi) is 7.14. The molecule has 4 heteroatoms. The standard InChI is InChI=1S/C30H24N3.Pt/c1-30(2,29-17-4-6-19-32-29)25-13-8-12-24(21-25)28-16-9-15-27(33-28)23-11-7-10-22(20-23)26-14-3-5-18-31-26;/h3-19,21H,1-2H3;/q-1;. The van der Waals surface area contributed by atoms with Gasteiger partial charge in [0.1, 0.15) is 0 Å². The Hall–Kier alpha value is -3.42. The van der Waals surface area contributed by atoms with Gasteiger partial charge in [-0.2, -0.15) is 0 Å². The van der Waals surface area contributed by atoms with Crippen LogP contribution in [0.1, 0.15) is 25.1 Å². The fourth-order valence-electron chi connectivity index (χ4n) is 3.98. The predicted octanol–water partition coefficient (Wildman–Crippen LogP) is 7.00.